The lowest BCUT2D eigenvalue weighted by Gasteiger charge is -2.29. The normalized spacial score (nSPS) is 18.3. The fraction of sp³-hybridized carbons (Fsp3) is 0.769. The predicted octanol–water partition coefficient (Wildman–Crippen LogP) is 0.856. The van der Waals surface area contributed by atoms with Crippen LogP contribution in [0, 0.1) is 5.92 Å². The van der Waals surface area contributed by atoms with E-state index in [2.05, 4.69) is 15.4 Å². The van der Waals surface area contributed by atoms with Gasteiger partial charge in [0, 0.05) is 12.8 Å². The fourth-order valence-electron chi connectivity index (χ4n) is 2.54. The second kappa shape index (κ2) is 5.28. The molecular weight excluding hydrogens is 244 g/mol. The third-order valence-electron chi connectivity index (χ3n) is 3.93. The van der Waals surface area contributed by atoms with E-state index >= 15 is 0 Å². The number of carboxylic acids is 1. The molecule has 2 rings (SSSR count). The zero-order chi connectivity index (χ0) is 14.0. The van der Waals surface area contributed by atoms with Gasteiger partial charge in [-0.25, -0.2) is 9.67 Å². The maximum Gasteiger partial charge on any atom is 0.326 e. The van der Waals surface area contributed by atoms with E-state index in [0.29, 0.717) is 6.54 Å². The van der Waals surface area contributed by atoms with Gasteiger partial charge >= 0.3 is 5.97 Å². The Kier molecular flexibility index (Phi) is 3.89. The largest absolute Gasteiger partial charge is 0.480 e. The van der Waals surface area contributed by atoms with Gasteiger partial charge in [0.1, 0.15) is 11.4 Å². The number of aromatic nitrogens is 3. The van der Waals surface area contributed by atoms with Crippen LogP contribution in [-0.2, 0) is 24.2 Å². The number of carboxylic acid groups (broad SMARTS) is 1. The maximum absolute atomic E-state index is 11.7. The summed E-state index contributed by atoms with van der Waals surface area (Å²) < 4.78 is 1.77. The third-order valence-corrected chi connectivity index (χ3v) is 3.93. The minimum absolute atomic E-state index is 0.189. The standard InChI is InChI=1S/C13H22N4O2/c1-4-10-15-11(5-2)17(16-10)8-13(14-3,12(18)19)9-6-7-9/h9,14H,4-8H2,1-3H3,(H,18,19). The Morgan fingerprint density at radius 2 is 2.16 bits per heavy atom. The van der Waals surface area contributed by atoms with Crippen molar-refractivity contribution in [3.63, 3.8) is 0 Å². The monoisotopic (exact) mass is 266 g/mol. The Morgan fingerprint density at radius 3 is 2.58 bits per heavy atom. The molecule has 1 aromatic heterocycles. The highest BCUT2D eigenvalue weighted by Crippen LogP contribution is 2.40. The van der Waals surface area contributed by atoms with E-state index in [1.165, 1.54) is 0 Å². The number of rotatable bonds is 7. The molecule has 1 atom stereocenters. The Bertz CT molecular complexity index is 467. The number of aryl methyl sites for hydroxylation is 2. The van der Waals surface area contributed by atoms with Crippen LogP contribution in [0.3, 0.4) is 0 Å². The van der Waals surface area contributed by atoms with Gasteiger partial charge in [0.25, 0.3) is 0 Å². The van der Waals surface area contributed by atoms with E-state index in [1.54, 1.807) is 11.7 Å². The summed E-state index contributed by atoms with van der Waals surface area (Å²) in [4.78, 5) is 16.1. The third kappa shape index (κ3) is 2.49. The van der Waals surface area contributed by atoms with Gasteiger partial charge in [0.05, 0.1) is 6.54 Å². The van der Waals surface area contributed by atoms with Gasteiger partial charge in [-0.1, -0.05) is 13.8 Å². The lowest BCUT2D eigenvalue weighted by Crippen LogP contribution is -2.55. The second-order valence-corrected chi connectivity index (χ2v) is 5.11. The average Bonchev–Trinajstić information content (AvgIpc) is 3.17. The molecule has 1 unspecified atom stereocenters. The van der Waals surface area contributed by atoms with Crippen LogP contribution in [0.1, 0.15) is 38.3 Å². The number of nitrogens with one attached hydrogen (secondary N) is 1. The molecule has 0 aromatic carbocycles. The molecule has 0 saturated heterocycles. The van der Waals surface area contributed by atoms with Crippen molar-refractivity contribution in [2.45, 2.75) is 51.6 Å². The first-order chi connectivity index (χ1) is 9.07. The average molecular weight is 266 g/mol. The summed E-state index contributed by atoms with van der Waals surface area (Å²) in [7, 11) is 1.72. The summed E-state index contributed by atoms with van der Waals surface area (Å²) in [6.07, 6.45) is 3.45. The van der Waals surface area contributed by atoms with Crippen LogP contribution in [0.5, 0.6) is 0 Å². The lowest BCUT2D eigenvalue weighted by atomic mass is 9.93. The van der Waals surface area contributed by atoms with Gasteiger partial charge in [-0.3, -0.25) is 4.79 Å². The summed E-state index contributed by atoms with van der Waals surface area (Å²) in [6.45, 7) is 4.36. The predicted molar refractivity (Wildman–Crippen MR) is 70.9 cm³/mol. The molecule has 0 amide bonds. The highest BCUT2D eigenvalue weighted by molar-refractivity contribution is 5.79. The summed E-state index contributed by atoms with van der Waals surface area (Å²) in [5.74, 6) is 1.03. The summed E-state index contributed by atoms with van der Waals surface area (Å²) in [6, 6.07) is 0. The van der Waals surface area contributed by atoms with E-state index in [-0.39, 0.29) is 5.92 Å². The van der Waals surface area contributed by atoms with Crippen molar-refractivity contribution >= 4 is 5.97 Å². The molecule has 0 radical (unpaired) electrons. The van der Waals surface area contributed by atoms with Gasteiger partial charge in [0.2, 0.25) is 0 Å². The summed E-state index contributed by atoms with van der Waals surface area (Å²) in [5.41, 5.74) is -0.914. The number of aliphatic carboxylic acids is 1. The molecule has 6 nitrogen and oxygen atoms in total. The van der Waals surface area contributed by atoms with Crippen LogP contribution in [0.4, 0.5) is 0 Å². The highest BCUT2D eigenvalue weighted by Gasteiger charge is 2.51. The van der Waals surface area contributed by atoms with Crippen molar-refractivity contribution in [3.05, 3.63) is 11.6 Å². The Balaban J connectivity index is 2.31. The zero-order valence-electron chi connectivity index (χ0n) is 11.8. The van der Waals surface area contributed by atoms with E-state index in [9.17, 15) is 9.90 Å². The molecule has 1 aliphatic carbocycles. The van der Waals surface area contributed by atoms with Crippen molar-refractivity contribution in [2.24, 2.45) is 5.92 Å². The van der Waals surface area contributed by atoms with Crippen LogP contribution in [0.15, 0.2) is 0 Å². The van der Waals surface area contributed by atoms with Crippen LogP contribution < -0.4 is 5.32 Å². The number of nitrogens with zero attached hydrogens (tertiary/aromatic N) is 3. The molecule has 1 fully saturated rings. The zero-order valence-corrected chi connectivity index (χ0v) is 11.8. The minimum Gasteiger partial charge on any atom is -0.480 e. The SMILES string of the molecule is CCc1nc(CC)n(CC(NC)(C(=O)O)C2CC2)n1. The molecule has 1 aliphatic rings. The van der Waals surface area contributed by atoms with Crippen LogP contribution >= 0.6 is 0 Å². The van der Waals surface area contributed by atoms with E-state index in [1.807, 2.05) is 13.8 Å². The van der Waals surface area contributed by atoms with Crippen LogP contribution in [0.2, 0.25) is 0 Å². The Morgan fingerprint density at radius 1 is 1.47 bits per heavy atom. The van der Waals surface area contributed by atoms with Crippen molar-refractivity contribution in [1.82, 2.24) is 20.1 Å². The minimum atomic E-state index is -0.914. The molecule has 0 bridgehead atoms. The summed E-state index contributed by atoms with van der Waals surface area (Å²) in [5, 5.41) is 17.0. The Labute approximate surface area is 113 Å². The topological polar surface area (TPSA) is 80.0 Å². The summed E-state index contributed by atoms with van der Waals surface area (Å²) >= 11 is 0. The molecule has 1 saturated carbocycles. The molecule has 106 valence electrons. The number of likely N-dealkylation sites (N-methyl/N-ethyl adjacent to an activating group) is 1. The Hall–Kier alpha value is -1.43. The first-order valence-electron chi connectivity index (χ1n) is 6.92. The van der Waals surface area contributed by atoms with Crippen molar-refractivity contribution in [2.75, 3.05) is 7.05 Å². The van der Waals surface area contributed by atoms with Gasteiger partial charge < -0.3 is 10.4 Å². The quantitative estimate of drug-likeness (QED) is 0.765. The van der Waals surface area contributed by atoms with E-state index in [0.717, 1.165) is 37.3 Å². The maximum atomic E-state index is 11.7. The van der Waals surface area contributed by atoms with Gasteiger partial charge in [0.15, 0.2) is 5.82 Å². The number of hydrogen-bond acceptors (Lipinski definition) is 4. The molecule has 6 heteroatoms. The van der Waals surface area contributed by atoms with Crippen molar-refractivity contribution in [1.29, 1.82) is 0 Å². The molecule has 1 heterocycles. The van der Waals surface area contributed by atoms with Gasteiger partial charge in [-0.15, -0.1) is 0 Å². The van der Waals surface area contributed by atoms with Crippen LogP contribution in [0.25, 0.3) is 0 Å². The molecular formula is C13H22N4O2. The van der Waals surface area contributed by atoms with Crippen LogP contribution in [-0.4, -0.2) is 38.4 Å². The molecule has 1 aromatic rings. The molecule has 19 heavy (non-hydrogen) atoms. The first-order valence-corrected chi connectivity index (χ1v) is 6.92. The van der Waals surface area contributed by atoms with Crippen molar-refractivity contribution in [3.8, 4) is 0 Å². The number of carbonyl (C=O) groups is 1. The molecule has 0 spiro atoms. The lowest BCUT2D eigenvalue weighted by molar-refractivity contribution is -0.146. The van der Waals surface area contributed by atoms with Gasteiger partial charge in [-0.2, -0.15) is 5.10 Å². The number of hydrogen-bond donors (Lipinski definition) is 2. The highest BCUT2D eigenvalue weighted by atomic mass is 16.4. The van der Waals surface area contributed by atoms with E-state index in [4.69, 9.17) is 0 Å². The smallest absolute Gasteiger partial charge is 0.326 e. The van der Waals surface area contributed by atoms with Gasteiger partial charge in [-0.05, 0) is 25.8 Å². The first kappa shape index (κ1) is 14.0. The fourth-order valence-corrected chi connectivity index (χ4v) is 2.54. The molecule has 0 aliphatic heterocycles. The van der Waals surface area contributed by atoms with Crippen molar-refractivity contribution < 1.29 is 9.90 Å². The second-order valence-electron chi connectivity index (χ2n) is 5.11. The molecule has 2 N–H and O–H groups in total. The van der Waals surface area contributed by atoms with E-state index < -0.39 is 11.5 Å².